The predicted molar refractivity (Wildman–Crippen MR) is 46.0 cm³/mol. The van der Waals surface area contributed by atoms with Gasteiger partial charge in [-0.25, -0.2) is 0 Å². The molecule has 0 radical (unpaired) electrons. The van der Waals surface area contributed by atoms with Gasteiger partial charge in [-0.15, -0.1) is 12.4 Å². The number of nitrogens with zero attached hydrogens (tertiary/aromatic N) is 1. The number of carboxylic acid groups (broad SMARTS) is 1. The summed E-state index contributed by atoms with van der Waals surface area (Å²) in [6.07, 6.45) is 1.51. The van der Waals surface area contributed by atoms with Gasteiger partial charge in [0.05, 0.1) is 5.69 Å². The van der Waals surface area contributed by atoms with E-state index in [1.54, 1.807) is 18.2 Å². The zero-order valence-electron chi connectivity index (χ0n) is 6.18. The molecule has 0 saturated carbocycles. The standard InChI is InChI=1S/C7H8N2O2.ClH/c8-6(7(10)11)5-3-1-2-4-9-5;/h1-4,6H,8H2,(H,10,11);1H. The van der Waals surface area contributed by atoms with Gasteiger partial charge in [0, 0.05) is 6.20 Å². The third-order valence-electron chi connectivity index (χ3n) is 1.27. The van der Waals surface area contributed by atoms with Gasteiger partial charge in [0.15, 0.2) is 0 Å². The first-order chi connectivity index (χ1) is 5.22. The maximum Gasteiger partial charge on any atom is 0.326 e. The van der Waals surface area contributed by atoms with Crippen LogP contribution < -0.4 is 5.73 Å². The van der Waals surface area contributed by atoms with E-state index in [1.165, 1.54) is 6.20 Å². The first-order valence-electron chi connectivity index (χ1n) is 3.11. The summed E-state index contributed by atoms with van der Waals surface area (Å²) in [6.45, 7) is 0. The normalized spacial score (nSPS) is 11.4. The summed E-state index contributed by atoms with van der Waals surface area (Å²) >= 11 is 0. The molecule has 0 aliphatic heterocycles. The molecule has 1 unspecified atom stereocenters. The zero-order valence-corrected chi connectivity index (χ0v) is 6.99. The number of aliphatic carboxylic acids is 1. The lowest BCUT2D eigenvalue weighted by Crippen LogP contribution is -2.21. The molecule has 0 fully saturated rings. The smallest absolute Gasteiger partial charge is 0.326 e. The minimum atomic E-state index is -1.07. The van der Waals surface area contributed by atoms with Gasteiger partial charge in [0.25, 0.3) is 0 Å². The Bertz CT molecular complexity index is 253. The fourth-order valence-corrected chi connectivity index (χ4v) is 0.686. The topological polar surface area (TPSA) is 76.2 Å². The number of carboxylic acids is 1. The molecule has 1 aromatic rings. The number of halogens is 1. The highest BCUT2D eigenvalue weighted by Gasteiger charge is 2.13. The Labute approximate surface area is 75.8 Å². The van der Waals surface area contributed by atoms with Crippen LogP contribution in [-0.2, 0) is 4.79 Å². The molecule has 1 atom stereocenters. The molecule has 3 N–H and O–H groups in total. The molecule has 0 bridgehead atoms. The monoisotopic (exact) mass is 188 g/mol. The fourth-order valence-electron chi connectivity index (χ4n) is 0.686. The molecule has 1 aromatic heterocycles. The first-order valence-corrected chi connectivity index (χ1v) is 3.11. The van der Waals surface area contributed by atoms with Crippen LogP contribution in [0.1, 0.15) is 11.7 Å². The highest BCUT2D eigenvalue weighted by atomic mass is 35.5. The Morgan fingerprint density at radius 1 is 1.58 bits per heavy atom. The van der Waals surface area contributed by atoms with Crippen molar-refractivity contribution in [3.05, 3.63) is 30.1 Å². The number of pyridine rings is 1. The molecule has 12 heavy (non-hydrogen) atoms. The Morgan fingerprint density at radius 2 is 2.25 bits per heavy atom. The van der Waals surface area contributed by atoms with E-state index in [-0.39, 0.29) is 12.4 Å². The van der Waals surface area contributed by atoms with E-state index in [1.807, 2.05) is 0 Å². The number of hydrogen-bond acceptors (Lipinski definition) is 3. The number of carbonyl (C=O) groups is 1. The first kappa shape index (κ1) is 10.9. The van der Waals surface area contributed by atoms with Crippen LogP contribution in [0.4, 0.5) is 0 Å². The van der Waals surface area contributed by atoms with Crippen molar-refractivity contribution in [3.8, 4) is 0 Å². The van der Waals surface area contributed by atoms with E-state index in [4.69, 9.17) is 10.8 Å². The van der Waals surface area contributed by atoms with Gasteiger partial charge < -0.3 is 10.8 Å². The maximum absolute atomic E-state index is 10.3. The summed E-state index contributed by atoms with van der Waals surface area (Å²) in [4.78, 5) is 14.1. The van der Waals surface area contributed by atoms with Gasteiger partial charge in [-0.1, -0.05) is 6.07 Å². The quantitative estimate of drug-likeness (QED) is 0.712. The van der Waals surface area contributed by atoms with Gasteiger partial charge in [-0.05, 0) is 12.1 Å². The summed E-state index contributed by atoms with van der Waals surface area (Å²) in [5.41, 5.74) is 5.65. The van der Waals surface area contributed by atoms with E-state index in [0.29, 0.717) is 5.69 Å². The number of hydrogen-bond donors (Lipinski definition) is 2. The third kappa shape index (κ3) is 2.48. The van der Waals surface area contributed by atoms with E-state index in [0.717, 1.165) is 0 Å². The van der Waals surface area contributed by atoms with Crippen LogP contribution in [0, 0.1) is 0 Å². The molecule has 1 heterocycles. The third-order valence-corrected chi connectivity index (χ3v) is 1.27. The highest BCUT2D eigenvalue weighted by Crippen LogP contribution is 2.04. The molecule has 0 aliphatic carbocycles. The second kappa shape index (κ2) is 4.69. The average molecular weight is 189 g/mol. The van der Waals surface area contributed by atoms with Crippen molar-refractivity contribution in [1.29, 1.82) is 0 Å². The van der Waals surface area contributed by atoms with Crippen LogP contribution >= 0.6 is 12.4 Å². The van der Waals surface area contributed by atoms with Crippen LogP contribution in [0.2, 0.25) is 0 Å². The van der Waals surface area contributed by atoms with Crippen molar-refractivity contribution in [2.24, 2.45) is 5.73 Å². The molecular weight excluding hydrogens is 180 g/mol. The molecule has 0 aliphatic rings. The van der Waals surface area contributed by atoms with Crippen molar-refractivity contribution in [2.75, 3.05) is 0 Å². The zero-order chi connectivity index (χ0) is 8.27. The Morgan fingerprint density at radius 3 is 2.67 bits per heavy atom. The van der Waals surface area contributed by atoms with Crippen LogP contribution in [0.5, 0.6) is 0 Å². The van der Waals surface area contributed by atoms with Crippen molar-refractivity contribution in [3.63, 3.8) is 0 Å². The van der Waals surface area contributed by atoms with Crippen LogP contribution in [-0.4, -0.2) is 16.1 Å². The van der Waals surface area contributed by atoms with Gasteiger partial charge in [0.1, 0.15) is 6.04 Å². The predicted octanol–water partition coefficient (Wildman–Crippen LogP) is 0.588. The minimum absolute atomic E-state index is 0. The largest absolute Gasteiger partial charge is 0.480 e. The van der Waals surface area contributed by atoms with E-state index in [2.05, 4.69) is 4.98 Å². The van der Waals surface area contributed by atoms with E-state index >= 15 is 0 Å². The SMILES string of the molecule is Cl.NC(C(=O)O)c1ccccn1. The van der Waals surface area contributed by atoms with Crippen LogP contribution in [0.15, 0.2) is 24.4 Å². The number of nitrogens with two attached hydrogens (primary N) is 1. The molecule has 1 rings (SSSR count). The Kier molecular flexibility index (Phi) is 4.25. The molecule has 4 nitrogen and oxygen atoms in total. The van der Waals surface area contributed by atoms with Crippen LogP contribution in [0.3, 0.4) is 0 Å². The number of aromatic nitrogens is 1. The summed E-state index contributed by atoms with van der Waals surface area (Å²) < 4.78 is 0. The minimum Gasteiger partial charge on any atom is -0.480 e. The molecule has 5 heteroatoms. The fraction of sp³-hybridized carbons (Fsp3) is 0.143. The van der Waals surface area contributed by atoms with Crippen molar-refractivity contribution >= 4 is 18.4 Å². The summed E-state index contributed by atoms with van der Waals surface area (Å²) in [5.74, 6) is -1.07. The lowest BCUT2D eigenvalue weighted by molar-refractivity contribution is -0.138. The van der Waals surface area contributed by atoms with E-state index in [9.17, 15) is 4.79 Å². The average Bonchev–Trinajstić information content (AvgIpc) is 2.05. The second-order valence-corrected chi connectivity index (χ2v) is 2.07. The summed E-state index contributed by atoms with van der Waals surface area (Å²) in [7, 11) is 0. The van der Waals surface area contributed by atoms with Crippen molar-refractivity contribution in [1.82, 2.24) is 4.98 Å². The van der Waals surface area contributed by atoms with E-state index < -0.39 is 12.0 Å². The molecule has 0 saturated heterocycles. The van der Waals surface area contributed by atoms with Crippen molar-refractivity contribution < 1.29 is 9.90 Å². The summed E-state index contributed by atoms with van der Waals surface area (Å²) in [6, 6.07) is 3.97. The molecular formula is C7H9ClN2O2. The van der Waals surface area contributed by atoms with Gasteiger partial charge in [0.2, 0.25) is 0 Å². The molecule has 66 valence electrons. The highest BCUT2D eigenvalue weighted by molar-refractivity contribution is 5.85. The molecule has 0 spiro atoms. The van der Waals surface area contributed by atoms with Crippen molar-refractivity contribution in [2.45, 2.75) is 6.04 Å². The van der Waals surface area contributed by atoms with Gasteiger partial charge in [-0.3, -0.25) is 9.78 Å². The Balaban J connectivity index is 0.00000121. The lowest BCUT2D eigenvalue weighted by Gasteiger charge is -2.03. The molecule has 0 amide bonds. The molecule has 0 aromatic carbocycles. The summed E-state index contributed by atoms with van der Waals surface area (Å²) in [5, 5.41) is 8.47. The van der Waals surface area contributed by atoms with Crippen LogP contribution in [0.25, 0.3) is 0 Å². The van der Waals surface area contributed by atoms with Gasteiger partial charge >= 0.3 is 5.97 Å². The number of rotatable bonds is 2. The maximum atomic E-state index is 10.3. The Hall–Kier alpha value is -1.13. The lowest BCUT2D eigenvalue weighted by atomic mass is 10.2. The second-order valence-electron chi connectivity index (χ2n) is 2.07. The van der Waals surface area contributed by atoms with Gasteiger partial charge in [-0.2, -0.15) is 0 Å².